The number of esters is 2. The second-order valence-electron chi connectivity index (χ2n) is 17.1. The van der Waals surface area contributed by atoms with Crippen LogP contribution in [0.15, 0.2) is 109 Å². The van der Waals surface area contributed by atoms with Gasteiger partial charge in [0, 0.05) is 11.1 Å². The Morgan fingerprint density at radius 1 is 0.554 bits per heavy atom. The molecule has 0 spiro atoms. The molecule has 2 aromatic heterocycles. The van der Waals surface area contributed by atoms with Gasteiger partial charge >= 0.3 is 33.0 Å². The summed E-state index contributed by atoms with van der Waals surface area (Å²) in [6.07, 6.45) is 18.0. The Kier molecular flexibility index (Phi) is 15.0. The predicted octanol–water partition coefficient (Wildman–Crippen LogP) is 7.41. The fourth-order valence-corrected chi connectivity index (χ4v) is 6.36. The van der Waals surface area contributed by atoms with Crippen LogP contribution in [0.2, 0.25) is 0 Å². The van der Waals surface area contributed by atoms with Crippen LogP contribution in [-0.4, -0.2) is 79.9 Å². The maximum atomic E-state index is 12.6. The van der Waals surface area contributed by atoms with Crippen molar-refractivity contribution in [1.29, 1.82) is 0 Å². The van der Waals surface area contributed by atoms with Crippen LogP contribution in [0.5, 0.6) is 0 Å². The molecule has 0 radical (unpaired) electrons. The minimum atomic E-state index is -0.817. The van der Waals surface area contributed by atoms with E-state index in [4.69, 9.17) is 41.3 Å². The summed E-state index contributed by atoms with van der Waals surface area (Å²) in [6.45, 7) is 12.2. The van der Waals surface area contributed by atoms with Gasteiger partial charge in [-0.25, -0.2) is 9.36 Å². The third-order valence-corrected chi connectivity index (χ3v) is 10.7. The molecule has 6 aromatic rings. The minimum absolute atomic E-state index is 0. The largest absolute Gasteiger partial charge is 2.00 e. The van der Waals surface area contributed by atoms with Crippen molar-refractivity contribution >= 4 is 11.9 Å². The molecular weight excluding hydrogens is 1010 g/mol. The minimum Gasteiger partial charge on any atom is -0.460 e. The van der Waals surface area contributed by atoms with Crippen LogP contribution in [0.1, 0.15) is 63.8 Å². The smallest absolute Gasteiger partial charge is 0.460 e. The summed E-state index contributed by atoms with van der Waals surface area (Å²) in [5.41, 5.74) is 6.45. The number of benzene rings is 4. The van der Waals surface area contributed by atoms with Gasteiger partial charge in [0.05, 0.1) is 50.2 Å². The van der Waals surface area contributed by atoms with Crippen molar-refractivity contribution in [2.75, 3.05) is 26.4 Å². The van der Waals surface area contributed by atoms with E-state index in [1.165, 1.54) is 0 Å². The van der Waals surface area contributed by atoms with E-state index in [9.17, 15) is 9.59 Å². The first-order valence-corrected chi connectivity index (χ1v) is 20.6. The Bertz CT molecular complexity index is 2460. The van der Waals surface area contributed by atoms with Gasteiger partial charge in [-0.3, -0.25) is 21.4 Å². The maximum absolute atomic E-state index is 12.6. The average Bonchev–Trinajstić information content (AvgIpc) is 4.02. The molecule has 2 aliphatic heterocycles. The Hall–Kier alpha value is -6.25. The molecule has 2 fully saturated rings. The van der Waals surface area contributed by atoms with Gasteiger partial charge in [-0.15, -0.1) is 45.6 Å². The van der Waals surface area contributed by atoms with E-state index in [2.05, 4.69) is 32.5 Å². The van der Waals surface area contributed by atoms with Gasteiger partial charge < -0.3 is 41.3 Å². The summed E-state index contributed by atoms with van der Waals surface area (Å²) in [5, 5.41) is 16.8. The Balaban J connectivity index is 0.000000212. The summed E-state index contributed by atoms with van der Waals surface area (Å²) in [4.78, 5) is 25.1. The van der Waals surface area contributed by atoms with Crippen LogP contribution in [0.4, 0.5) is 0 Å². The first-order valence-electron chi connectivity index (χ1n) is 20.6. The summed E-state index contributed by atoms with van der Waals surface area (Å²) < 4.78 is 36.8. The van der Waals surface area contributed by atoms with Crippen molar-refractivity contribution in [3.63, 3.8) is 0 Å². The molecule has 4 aromatic carbocycles. The van der Waals surface area contributed by atoms with E-state index in [1.807, 2.05) is 113 Å². The van der Waals surface area contributed by atoms with Gasteiger partial charge in [0.25, 0.3) is 0 Å². The van der Waals surface area contributed by atoms with Crippen molar-refractivity contribution < 1.29 is 59.1 Å². The third kappa shape index (κ3) is 12.1. The summed E-state index contributed by atoms with van der Waals surface area (Å²) in [5.74, 6) is 2.64. The molecule has 0 unspecified atom stereocenters. The van der Waals surface area contributed by atoms with Gasteiger partial charge in [0.2, 0.25) is 0 Å². The fraction of sp³-hybridized carbons (Fsp3) is 0.320. The summed E-state index contributed by atoms with van der Waals surface area (Å²) in [7, 11) is 0. The number of nitrogens with zero attached hydrogens (tertiary/aromatic N) is 6. The molecule has 0 amide bonds. The standard InChI is InChI=1S/2C25H24N3O4.Pt/c2*1-5-18-8-12-21(13-9-18)28-14-22(26-27-28)20-10-6-19(7-11-20)15-30-23(29)25(4)16-31-24(2,3)32-17-25;/h2*6-14H,15-17H2,2-4H3;/q2*-1;+2. The molecule has 0 atom stereocenters. The van der Waals surface area contributed by atoms with Crippen LogP contribution in [-0.2, 0) is 72.3 Å². The van der Waals surface area contributed by atoms with Crippen LogP contribution < -0.4 is 0 Å². The number of hydrogen-bond acceptors (Lipinski definition) is 12. The Morgan fingerprint density at radius 3 is 1.18 bits per heavy atom. The Morgan fingerprint density at radius 2 is 0.877 bits per heavy atom. The molecule has 0 bridgehead atoms. The van der Waals surface area contributed by atoms with E-state index in [0.717, 1.165) is 45.0 Å². The zero-order valence-corrected chi connectivity index (χ0v) is 39.2. The van der Waals surface area contributed by atoms with Crippen molar-refractivity contribution in [3.05, 3.63) is 145 Å². The van der Waals surface area contributed by atoms with Crippen LogP contribution >= 0.6 is 0 Å². The molecule has 0 saturated carbocycles. The fourth-order valence-electron chi connectivity index (χ4n) is 6.36. The van der Waals surface area contributed by atoms with E-state index < -0.39 is 22.4 Å². The molecule has 0 aliphatic carbocycles. The van der Waals surface area contributed by atoms with Crippen LogP contribution in [0.3, 0.4) is 0 Å². The van der Waals surface area contributed by atoms with E-state index in [-0.39, 0.29) is 72.6 Å². The topological polar surface area (TPSA) is 151 Å². The molecule has 4 heterocycles. The molecule has 2 aliphatic rings. The number of carbonyl (C=O) groups is 2. The first kappa shape index (κ1) is 48.2. The van der Waals surface area contributed by atoms with E-state index in [0.29, 0.717) is 11.1 Å². The number of rotatable bonds is 10. The molecule has 0 N–H and O–H groups in total. The first-order chi connectivity index (χ1) is 30.6. The molecule has 336 valence electrons. The monoisotopic (exact) mass is 1060 g/mol. The van der Waals surface area contributed by atoms with Crippen LogP contribution in [0, 0.1) is 35.5 Å². The zero-order valence-electron chi connectivity index (χ0n) is 36.9. The zero-order chi connectivity index (χ0) is 45.5. The molecule has 14 nitrogen and oxygen atoms in total. The summed E-state index contributed by atoms with van der Waals surface area (Å²) in [6, 6.07) is 29.9. The van der Waals surface area contributed by atoms with Crippen molar-refractivity contribution in [2.24, 2.45) is 10.8 Å². The molecule has 2 saturated heterocycles. The van der Waals surface area contributed by atoms with Gasteiger partial charge in [-0.05, 0) is 52.7 Å². The molecule has 65 heavy (non-hydrogen) atoms. The number of carbonyl (C=O) groups excluding carboxylic acids is 2. The quantitative estimate of drug-likeness (QED) is 0.0764. The third-order valence-electron chi connectivity index (χ3n) is 10.7. The second kappa shape index (κ2) is 20.3. The second-order valence-corrected chi connectivity index (χ2v) is 17.1. The normalized spacial score (nSPS) is 16.6. The number of hydrogen-bond donors (Lipinski definition) is 0. The SMILES string of the molecule is [C-]#Cc1ccc(-n2cc(-c3ccc(COC(=O)C4(C)COC(C)(C)OC4)cc3)nn2)cc1.[C-]#Cc1ccc(-n2cc(-c3ccc(COC(=O)C4(C)COC(C)(C)OC4)cc3)nn2)cc1.[Pt+2]. The van der Waals surface area contributed by atoms with Crippen LogP contribution in [0.25, 0.3) is 33.9 Å². The van der Waals surface area contributed by atoms with Gasteiger partial charge in [-0.2, -0.15) is 0 Å². The average molecular weight is 1060 g/mol. The molecular formula is C50H48N6O8Pt. The van der Waals surface area contributed by atoms with E-state index in [1.54, 1.807) is 47.5 Å². The molecule has 15 heteroatoms. The predicted molar refractivity (Wildman–Crippen MR) is 234 cm³/mol. The maximum Gasteiger partial charge on any atom is 2.00 e. The Labute approximate surface area is 393 Å². The van der Waals surface area contributed by atoms with E-state index >= 15 is 0 Å². The van der Waals surface area contributed by atoms with Gasteiger partial charge in [0.1, 0.15) is 35.4 Å². The number of aromatic nitrogens is 6. The molecule has 8 rings (SSSR count). The number of ether oxygens (including phenoxy) is 6. The van der Waals surface area contributed by atoms with Crippen molar-refractivity contribution in [2.45, 2.75) is 66.3 Å². The van der Waals surface area contributed by atoms with Crippen molar-refractivity contribution in [1.82, 2.24) is 30.0 Å². The van der Waals surface area contributed by atoms with Gasteiger partial charge in [-0.1, -0.05) is 83.2 Å². The van der Waals surface area contributed by atoms with Gasteiger partial charge in [0.15, 0.2) is 11.6 Å². The van der Waals surface area contributed by atoms with Crippen molar-refractivity contribution in [3.8, 4) is 45.7 Å². The summed E-state index contributed by atoms with van der Waals surface area (Å²) >= 11 is 0.